The van der Waals surface area contributed by atoms with E-state index in [0.717, 1.165) is 11.6 Å². The van der Waals surface area contributed by atoms with Crippen molar-refractivity contribution in [3.63, 3.8) is 0 Å². The second-order valence-corrected chi connectivity index (χ2v) is 5.17. The minimum Gasteiger partial charge on any atom is -0.395 e. The lowest BCUT2D eigenvalue weighted by Crippen LogP contribution is -2.42. The van der Waals surface area contributed by atoms with Crippen molar-refractivity contribution in [2.45, 2.75) is 45.1 Å². The van der Waals surface area contributed by atoms with Crippen LogP contribution >= 0.6 is 0 Å². The van der Waals surface area contributed by atoms with E-state index in [-0.39, 0.29) is 12.5 Å². The normalized spacial score (nSPS) is 15.8. The van der Waals surface area contributed by atoms with E-state index in [4.69, 9.17) is 5.73 Å². The third-order valence-corrected chi connectivity index (χ3v) is 3.42. The Morgan fingerprint density at radius 3 is 2.67 bits per heavy atom. The molecule has 1 aromatic rings. The Morgan fingerprint density at radius 1 is 1.44 bits per heavy atom. The Balaban J connectivity index is 2.27. The van der Waals surface area contributed by atoms with Crippen molar-refractivity contribution in [3.05, 3.63) is 11.9 Å². The molecular weight excluding hydrogens is 228 g/mol. The lowest BCUT2D eigenvalue weighted by atomic mass is 9.91. The molecule has 0 aromatic carbocycles. The zero-order valence-corrected chi connectivity index (χ0v) is 11.1. The molecule has 0 radical (unpaired) electrons. The van der Waals surface area contributed by atoms with Crippen molar-refractivity contribution in [1.82, 2.24) is 9.97 Å². The number of aliphatic hydroxyl groups excluding tert-OH is 1. The first-order valence-electron chi connectivity index (χ1n) is 6.63. The second-order valence-electron chi connectivity index (χ2n) is 5.17. The number of rotatable bonds is 5. The molecule has 100 valence electrons. The summed E-state index contributed by atoms with van der Waals surface area (Å²) in [4.78, 5) is 11.0. The molecule has 0 atom stereocenters. The van der Waals surface area contributed by atoms with Crippen molar-refractivity contribution in [1.29, 1.82) is 0 Å². The molecule has 0 spiro atoms. The van der Waals surface area contributed by atoms with Crippen molar-refractivity contribution in [3.8, 4) is 0 Å². The average Bonchev–Trinajstić information content (AvgIpc) is 2.25. The smallest absolute Gasteiger partial charge is 0.135 e. The second kappa shape index (κ2) is 5.52. The van der Waals surface area contributed by atoms with Crippen LogP contribution in [0.1, 0.15) is 44.9 Å². The minimum absolute atomic E-state index is 0.136. The quantitative estimate of drug-likeness (QED) is 0.829. The van der Waals surface area contributed by atoms with Gasteiger partial charge in [-0.15, -0.1) is 0 Å². The van der Waals surface area contributed by atoms with Crippen molar-refractivity contribution in [2.24, 2.45) is 0 Å². The van der Waals surface area contributed by atoms with Crippen LogP contribution in [0.5, 0.6) is 0 Å². The fourth-order valence-corrected chi connectivity index (χ4v) is 2.17. The Labute approximate surface area is 108 Å². The van der Waals surface area contributed by atoms with Gasteiger partial charge in [-0.3, -0.25) is 0 Å². The summed E-state index contributed by atoms with van der Waals surface area (Å²) in [6.45, 7) is 4.85. The van der Waals surface area contributed by atoms with Gasteiger partial charge in [-0.1, -0.05) is 13.8 Å². The lowest BCUT2D eigenvalue weighted by molar-refractivity contribution is 0.283. The van der Waals surface area contributed by atoms with Crippen LogP contribution in [0.3, 0.4) is 0 Å². The summed E-state index contributed by atoms with van der Waals surface area (Å²) in [6.07, 6.45) is 3.59. The fourth-order valence-electron chi connectivity index (χ4n) is 2.17. The largest absolute Gasteiger partial charge is 0.395 e. The van der Waals surface area contributed by atoms with Crippen LogP contribution in [0.2, 0.25) is 0 Å². The number of anilines is 2. The number of nitrogens with zero attached hydrogens (tertiary/aromatic N) is 3. The third-order valence-electron chi connectivity index (χ3n) is 3.42. The van der Waals surface area contributed by atoms with E-state index < -0.39 is 0 Å². The molecule has 1 aliphatic carbocycles. The Bertz CT molecular complexity index is 404. The average molecular weight is 250 g/mol. The van der Waals surface area contributed by atoms with Gasteiger partial charge in [0, 0.05) is 24.6 Å². The van der Waals surface area contributed by atoms with Crippen LogP contribution < -0.4 is 10.6 Å². The molecule has 5 heteroatoms. The first-order valence-corrected chi connectivity index (χ1v) is 6.63. The molecule has 2 rings (SSSR count). The van der Waals surface area contributed by atoms with Gasteiger partial charge in [0.25, 0.3) is 0 Å². The first kappa shape index (κ1) is 13.1. The van der Waals surface area contributed by atoms with E-state index in [2.05, 4.69) is 28.7 Å². The number of aromatic nitrogens is 2. The SMILES string of the molecule is CC(C)c1nc(N)cc(N(CCO)C2CCC2)n1. The van der Waals surface area contributed by atoms with E-state index in [1.165, 1.54) is 19.3 Å². The molecule has 1 fully saturated rings. The summed E-state index contributed by atoms with van der Waals surface area (Å²) < 4.78 is 0. The number of hydrogen-bond acceptors (Lipinski definition) is 5. The molecule has 1 aromatic heterocycles. The molecule has 1 heterocycles. The van der Waals surface area contributed by atoms with Crippen molar-refractivity contribution in [2.75, 3.05) is 23.8 Å². The number of nitrogen functional groups attached to an aromatic ring is 1. The Morgan fingerprint density at radius 2 is 2.17 bits per heavy atom. The molecule has 5 nitrogen and oxygen atoms in total. The molecular formula is C13H22N4O. The van der Waals surface area contributed by atoms with E-state index in [0.29, 0.717) is 18.4 Å². The third kappa shape index (κ3) is 2.72. The topological polar surface area (TPSA) is 75.3 Å². The fraction of sp³-hybridized carbons (Fsp3) is 0.692. The van der Waals surface area contributed by atoms with Gasteiger partial charge in [0.05, 0.1) is 6.61 Å². The lowest BCUT2D eigenvalue weighted by Gasteiger charge is -2.38. The van der Waals surface area contributed by atoms with Gasteiger partial charge >= 0.3 is 0 Å². The van der Waals surface area contributed by atoms with E-state index in [1.807, 2.05) is 0 Å². The molecule has 0 amide bonds. The monoisotopic (exact) mass is 250 g/mol. The highest BCUT2D eigenvalue weighted by atomic mass is 16.3. The predicted molar refractivity (Wildman–Crippen MR) is 72.6 cm³/mol. The molecule has 0 unspecified atom stereocenters. The maximum absolute atomic E-state index is 9.20. The molecule has 1 saturated carbocycles. The maximum Gasteiger partial charge on any atom is 0.135 e. The first-order chi connectivity index (χ1) is 8.61. The van der Waals surface area contributed by atoms with Crippen LogP contribution in [0.15, 0.2) is 6.07 Å². The summed E-state index contributed by atoms with van der Waals surface area (Å²) in [6, 6.07) is 2.30. The van der Waals surface area contributed by atoms with Gasteiger partial charge in [-0.25, -0.2) is 9.97 Å². The zero-order valence-electron chi connectivity index (χ0n) is 11.1. The van der Waals surface area contributed by atoms with E-state index >= 15 is 0 Å². The Hall–Kier alpha value is -1.36. The summed E-state index contributed by atoms with van der Waals surface area (Å²) >= 11 is 0. The standard InChI is InChI=1S/C13H22N4O/c1-9(2)13-15-11(14)8-12(16-13)17(6-7-18)10-4-3-5-10/h8-10,18H,3-7H2,1-2H3,(H2,14,15,16). The summed E-state index contributed by atoms with van der Waals surface area (Å²) in [5.74, 6) is 2.38. The van der Waals surface area contributed by atoms with Crippen molar-refractivity contribution < 1.29 is 5.11 Å². The van der Waals surface area contributed by atoms with Crippen LogP contribution in [0.4, 0.5) is 11.6 Å². The molecule has 0 bridgehead atoms. The van der Waals surface area contributed by atoms with E-state index in [9.17, 15) is 5.11 Å². The van der Waals surface area contributed by atoms with Crippen molar-refractivity contribution >= 4 is 11.6 Å². The predicted octanol–water partition coefficient (Wildman–Crippen LogP) is 1.53. The highest BCUT2D eigenvalue weighted by molar-refractivity contribution is 5.48. The maximum atomic E-state index is 9.20. The van der Waals surface area contributed by atoms with Crippen LogP contribution in [0.25, 0.3) is 0 Å². The zero-order chi connectivity index (χ0) is 13.1. The molecule has 0 aliphatic heterocycles. The molecule has 0 saturated heterocycles. The van der Waals surface area contributed by atoms with Crippen LogP contribution in [0, 0.1) is 0 Å². The van der Waals surface area contributed by atoms with Crippen LogP contribution in [-0.2, 0) is 0 Å². The van der Waals surface area contributed by atoms with Crippen LogP contribution in [-0.4, -0.2) is 34.3 Å². The van der Waals surface area contributed by atoms with Gasteiger partial charge in [0.15, 0.2) is 0 Å². The summed E-state index contributed by atoms with van der Waals surface area (Å²) in [5, 5.41) is 9.20. The Kier molecular flexibility index (Phi) is 4.01. The number of nitrogens with two attached hydrogens (primary N) is 1. The van der Waals surface area contributed by atoms with Gasteiger partial charge in [0.1, 0.15) is 17.5 Å². The van der Waals surface area contributed by atoms with Gasteiger partial charge in [-0.05, 0) is 19.3 Å². The summed E-state index contributed by atoms with van der Waals surface area (Å²) in [7, 11) is 0. The molecule has 18 heavy (non-hydrogen) atoms. The summed E-state index contributed by atoms with van der Waals surface area (Å²) in [5.41, 5.74) is 5.85. The van der Waals surface area contributed by atoms with E-state index in [1.54, 1.807) is 6.07 Å². The van der Waals surface area contributed by atoms with Gasteiger partial charge in [0.2, 0.25) is 0 Å². The highest BCUT2D eigenvalue weighted by Gasteiger charge is 2.26. The number of aliphatic hydroxyl groups is 1. The minimum atomic E-state index is 0.136. The highest BCUT2D eigenvalue weighted by Crippen LogP contribution is 2.29. The van der Waals surface area contributed by atoms with Gasteiger partial charge in [-0.2, -0.15) is 0 Å². The molecule has 1 aliphatic rings. The number of hydrogen-bond donors (Lipinski definition) is 2. The molecule has 3 N–H and O–H groups in total. The van der Waals surface area contributed by atoms with Gasteiger partial charge < -0.3 is 15.7 Å².